The number of nitrogens with one attached hydrogen (secondary N) is 1. The summed E-state index contributed by atoms with van der Waals surface area (Å²) in [5.41, 5.74) is 0.129. The second-order valence-corrected chi connectivity index (χ2v) is 6.15. The van der Waals surface area contributed by atoms with Gasteiger partial charge in [-0.05, 0) is 18.6 Å². The summed E-state index contributed by atoms with van der Waals surface area (Å²) < 4.78 is 11.4. The van der Waals surface area contributed by atoms with Gasteiger partial charge in [0.05, 0.1) is 18.9 Å². The van der Waals surface area contributed by atoms with E-state index in [1.807, 2.05) is 18.2 Å². The number of aromatic nitrogens is 1. The third-order valence-electron chi connectivity index (χ3n) is 4.16. The lowest BCUT2D eigenvalue weighted by Gasteiger charge is -2.38. The SMILES string of the molecule is CCCCNC(=S)C(CN1CCOCC1)(OC)c1ccccn1. The zero-order valence-electron chi connectivity index (χ0n) is 14.1. The standard InChI is InChI=1S/C17H27N3O2S/c1-3-4-8-19-16(23)17(21-2,15-7-5-6-9-18-15)14-20-10-12-22-13-11-20/h5-7,9H,3-4,8,10-14H2,1-2H3,(H,19,23). The average molecular weight is 337 g/mol. The van der Waals surface area contributed by atoms with Crippen molar-refractivity contribution >= 4 is 17.2 Å². The van der Waals surface area contributed by atoms with Gasteiger partial charge in [-0.15, -0.1) is 0 Å². The number of hydrogen-bond donors (Lipinski definition) is 1. The number of nitrogens with zero attached hydrogens (tertiary/aromatic N) is 2. The molecule has 1 aliphatic heterocycles. The van der Waals surface area contributed by atoms with Crippen LogP contribution in [0.15, 0.2) is 24.4 Å². The van der Waals surface area contributed by atoms with Crippen LogP contribution >= 0.6 is 12.2 Å². The fraction of sp³-hybridized carbons (Fsp3) is 0.647. The Morgan fingerprint density at radius 1 is 1.43 bits per heavy atom. The van der Waals surface area contributed by atoms with Crippen molar-refractivity contribution < 1.29 is 9.47 Å². The maximum absolute atomic E-state index is 5.97. The Bertz CT molecular complexity index is 480. The molecule has 1 atom stereocenters. The second kappa shape index (κ2) is 9.27. The summed E-state index contributed by atoms with van der Waals surface area (Å²) >= 11 is 5.72. The van der Waals surface area contributed by atoms with Crippen LogP contribution in [0.25, 0.3) is 0 Å². The fourth-order valence-corrected chi connectivity index (χ4v) is 3.08. The lowest BCUT2D eigenvalue weighted by molar-refractivity contribution is -0.0254. The number of hydrogen-bond acceptors (Lipinski definition) is 5. The third kappa shape index (κ3) is 4.70. The highest BCUT2D eigenvalue weighted by atomic mass is 32.1. The fourth-order valence-electron chi connectivity index (χ4n) is 2.73. The first-order valence-corrected chi connectivity index (χ1v) is 8.69. The normalized spacial score (nSPS) is 18.3. The minimum atomic E-state index is -0.721. The number of morpholine rings is 1. The number of methoxy groups -OCH3 is 1. The van der Waals surface area contributed by atoms with Crippen LogP contribution in [-0.2, 0) is 15.1 Å². The summed E-state index contributed by atoms with van der Waals surface area (Å²) in [5, 5.41) is 3.37. The molecule has 6 heteroatoms. The highest BCUT2D eigenvalue weighted by Crippen LogP contribution is 2.27. The molecule has 23 heavy (non-hydrogen) atoms. The van der Waals surface area contributed by atoms with Gasteiger partial charge in [0.2, 0.25) is 0 Å². The van der Waals surface area contributed by atoms with E-state index in [2.05, 4.69) is 22.1 Å². The molecule has 0 spiro atoms. The van der Waals surface area contributed by atoms with Crippen molar-refractivity contribution in [1.82, 2.24) is 15.2 Å². The minimum Gasteiger partial charge on any atom is -0.379 e. The third-order valence-corrected chi connectivity index (χ3v) is 4.63. The second-order valence-electron chi connectivity index (χ2n) is 5.74. The molecule has 2 rings (SSSR count). The molecule has 0 amide bonds. The van der Waals surface area contributed by atoms with E-state index in [1.165, 1.54) is 0 Å². The van der Waals surface area contributed by atoms with E-state index in [4.69, 9.17) is 21.7 Å². The van der Waals surface area contributed by atoms with Crippen LogP contribution in [-0.4, -0.2) is 61.4 Å². The number of rotatable bonds is 8. The number of pyridine rings is 1. The van der Waals surface area contributed by atoms with Crippen molar-refractivity contribution in [2.24, 2.45) is 0 Å². The van der Waals surface area contributed by atoms with E-state index in [-0.39, 0.29) is 0 Å². The lowest BCUT2D eigenvalue weighted by Crippen LogP contribution is -2.54. The molecule has 1 saturated heterocycles. The van der Waals surface area contributed by atoms with E-state index in [9.17, 15) is 0 Å². The van der Waals surface area contributed by atoms with Gasteiger partial charge in [-0.25, -0.2) is 0 Å². The molecule has 0 saturated carbocycles. The summed E-state index contributed by atoms with van der Waals surface area (Å²) in [7, 11) is 1.71. The average Bonchev–Trinajstić information content (AvgIpc) is 2.61. The molecule has 0 aliphatic carbocycles. The zero-order chi connectivity index (χ0) is 16.5. The molecular weight excluding hydrogens is 310 g/mol. The predicted molar refractivity (Wildman–Crippen MR) is 95.7 cm³/mol. The summed E-state index contributed by atoms with van der Waals surface area (Å²) in [6, 6.07) is 5.87. The van der Waals surface area contributed by atoms with E-state index in [0.29, 0.717) is 11.5 Å². The highest BCUT2D eigenvalue weighted by molar-refractivity contribution is 7.80. The number of thiocarbonyl (C=S) groups is 1. The van der Waals surface area contributed by atoms with Gasteiger partial charge >= 0.3 is 0 Å². The molecule has 1 aliphatic rings. The maximum atomic E-state index is 5.97. The Labute approximate surface area is 144 Å². The van der Waals surface area contributed by atoms with Crippen LogP contribution in [0.4, 0.5) is 0 Å². The number of ether oxygens (including phenoxy) is 2. The number of unbranched alkanes of at least 4 members (excludes halogenated alkanes) is 1. The molecule has 1 fully saturated rings. The highest BCUT2D eigenvalue weighted by Gasteiger charge is 2.40. The van der Waals surface area contributed by atoms with Crippen LogP contribution in [0.5, 0.6) is 0 Å². The largest absolute Gasteiger partial charge is 0.379 e. The summed E-state index contributed by atoms with van der Waals surface area (Å²) in [4.78, 5) is 7.56. The van der Waals surface area contributed by atoms with Gasteiger partial charge in [-0.3, -0.25) is 9.88 Å². The van der Waals surface area contributed by atoms with Crippen molar-refractivity contribution in [2.75, 3.05) is 46.5 Å². The first-order valence-electron chi connectivity index (χ1n) is 8.28. The lowest BCUT2D eigenvalue weighted by atomic mass is 9.96. The van der Waals surface area contributed by atoms with Gasteiger partial charge in [0, 0.05) is 39.5 Å². The monoisotopic (exact) mass is 337 g/mol. The molecule has 1 unspecified atom stereocenters. The Kier molecular flexibility index (Phi) is 7.36. The molecule has 0 aromatic carbocycles. The Morgan fingerprint density at radius 3 is 2.83 bits per heavy atom. The molecule has 2 heterocycles. The van der Waals surface area contributed by atoms with Crippen LogP contribution in [0.3, 0.4) is 0 Å². The molecule has 128 valence electrons. The summed E-state index contributed by atoms with van der Waals surface area (Å²) in [6.07, 6.45) is 4.00. The first-order chi connectivity index (χ1) is 11.2. The van der Waals surface area contributed by atoms with Crippen LogP contribution in [0.2, 0.25) is 0 Å². The molecule has 1 aromatic rings. The molecular formula is C17H27N3O2S. The zero-order valence-corrected chi connectivity index (χ0v) is 14.9. The van der Waals surface area contributed by atoms with Gasteiger partial charge in [-0.2, -0.15) is 0 Å². The van der Waals surface area contributed by atoms with Crippen molar-refractivity contribution in [3.05, 3.63) is 30.1 Å². The van der Waals surface area contributed by atoms with Gasteiger partial charge in [-0.1, -0.05) is 31.6 Å². The Balaban J connectivity index is 2.22. The summed E-state index contributed by atoms with van der Waals surface area (Å²) in [5.74, 6) is 0. The van der Waals surface area contributed by atoms with Gasteiger partial charge in [0.25, 0.3) is 0 Å². The van der Waals surface area contributed by atoms with Crippen LogP contribution < -0.4 is 5.32 Å². The van der Waals surface area contributed by atoms with E-state index >= 15 is 0 Å². The quantitative estimate of drug-likeness (QED) is 0.578. The smallest absolute Gasteiger partial charge is 0.172 e. The predicted octanol–water partition coefficient (Wildman–Crippen LogP) is 1.97. The van der Waals surface area contributed by atoms with Gasteiger partial charge < -0.3 is 14.8 Å². The first kappa shape index (κ1) is 18.3. The van der Waals surface area contributed by atoms with Crippen molar-refractivity contribution in [3.63, 3.8) is 0 Å². The molecule has 0 radical (unpaired) electrons. The van der Waals surface area contributed by atoms with Crippen LogP contribution in [0.1, 0.15) is 25.5 Å². The Hall–Kier alpha value is -1.08. The van der Waals surface area contributed by atoms with E-state index < -0.39 is 5.60 Å². The molecule has 5 nitrogen and oxygen atoms in total. The van der Waals surface area contributed by atoms with E-state index in [1.54, 1.807) is 13.3 Å². The minimum absolute atomic E-state index is 0.682. The molecule has 1 aromatic heterocycles. The van der Waals surface area contributed by atoms with Crippen molar-refractivity contribution in [1.29, 1.82) is 0 Å². The maximum Gasteiger partial charge on any atom is 0.172 e. The molecule has 0 bridgehead atoms. The Morgan fingerprint density at radius 2 is 2.22 bits per heavy atom. The topological polar surface area (TPSA) is 46.6 Å². The molecule has 1 N–H and O–H groups in total. The van der Waals surface area contributed by atoms with Gasteiger partial charge in [0.1, 0.15) is 4.99 Å². The van der Waals surface area contributed by atoms with Crippen LogP contribution in [0, 0.1) is 0 Å². The van der Waals surface area contributed by atoms with Crippen molar-refractivity contribution in [3.8, 4) is 0 Å². The van der Waals surface area contributed by atoms with E-state index in [0.717, 1.165) is 51.4 Å². The summed E-state index contributed by atoms with van der Waals surface area (Å²) in [6.45, 7) is 6.97. The van der Waals surface area contributed by atoms with Crippen molar-refractivity contribution in [2.45, 2.75) is 25.4 Å². The van der Waals surface area contributed by atoms with Gasteiger partial charge in [0.15, 0.2) is 5.60 Å².